The predicted octanol–water partition coefficient (Wildman–Crippen LogP) is 2.76. The molecule has 0 amide bonds. The van der Waals surface area contributed by atoms with E-state index in [2.05, 4.69) is 16.7 Å². The van der Waals surface area contributed by atoms with E-state index in [-0.39, 0.29) is 11.6 Å². The fourth-order valence-electron chi connectivity index (χ4n) is 4.07. The van der Waals surface area contributed by atoms with Crippen molar-refractivity contribution in [3.05, 3.63) is 41.7 Å². The van der Waals surface area contributed by atoms with Gasteiger partial charge in [-0.05, 0) is 31.2 Å². The van der Waals surface area contributed by atoms with Gasteiger partial charge in [0.2, 0.25) is 5.95 Å². The van der Waals surface area contributed by atoms with Gasteiger partial charge in [0.1, 0.15) is 17.7 Å². The topological polar surface area (TPSA) is 87.4 Å². The second-order valence-corrected chi connectivity index (χ2v) is 7.94. The van der Waals surface area contributed by atoms with Crippen molar-refractivity contribution < 1.29 is 13.9 Å². The molecule has 0 bridgehead atoms. The fraction of sp³-hybridized carbons (Fsp3) is 0.391. The molecule has 5 rings (SSSR count). The maximum atomic E-state index is 14.2. The summed E-state index contributed by atoms with van der Waals surface area (Å²) in [5.74, 6) is 0.883. The number of nitriles is 1. The van der Waals surface area contributed by atoms with Crippen LogP contribution >= 0.6 is 0 Å². The number of hydrogen-bond acceptors (Lipinski definition) is 8. The molecule has 2 aromatic heterocycles. The van der Waals surface area contributed by atoms with E-state index < -0.39 is 5.82 Å². The smallest absolute Gasteiger partial charge is 0.229 e. The molecule has 2 aliphatic rings. The Bertz CT molecular complexity index is 1190. The number of rotatable bonds is 3. The van der Waals surface area contributed by atoms with Gasteiger partial charge in [-0.2, -0.15) is 15.2 Å². The molecule has 8 nitrogen and oxygen atoms in total. The van der Waals surface area contributed by atoms with Gasteiger partial charge >= 0.3 is 0 Å². The van der Waals surface area contributed by atoms with Gasteiger partial charge in [-0.1, -0.05) is 6.07 Å². The molecule has 0 radical (unpaired) electrons. The van der Waals surface area contributed by atoms with Gasteiger partial charge in [0, 0.05) is 25.2 Å². The first kappa shape index (κ1) is 20.5. The van der Waals surface area contributed by atoms with Crippen LogP contribution in [-0.2, 0) is 9.47 Å². The lowest BCUT2D eigenvalue weighted by Gasteiger charge is -2.35. The van der Waals surface area contributed by atoms with Crippen molar-refractivity contribution in [2.75, 3.05) is 55.9 Å². The average molecular weight is 434 g/mol. The van der Waals surface area contributed by atoms with E-state index in [1.807, 2.05) is 18.2 Å². The quantitative estimate of drug-likeness (QED) is 0.622. The second kappa shape index (κ2) is 8.65. The summed E-state index contributed by atoms with van der Waals surface area (Å²) in [5.41, 5.74) is 1.75. The maximum Gasteiger partial charge on any atom is 0.229 e. The number of fused-ring (bicyclic) bond motifs is 1. The molecule has 3 aromatic rings. The van der Waals surface area contributed by atoms with Crippen LogP contribution in [0.15, 0.2) is 30.3 Å². The van der Waals surface area contributed by atoms with Crippen LogP contribution < -0.4 is 9.80 Å². The fourth-order valence-corrected chi connectivity index (χ4v) is 4.07. The molecule has 1 aromatic carbocycles. The van der Waals surface area contributed by atoms with Crippen LogP contribution in [0.1, 0.15) is 12.5 Å². The van der Waals surface area contributed by atoms with E-state index in [4.69, 9.17) is 29.7 Å². The maximum absolute atomic E-state index is 14.2. The Morgan fingerprint density at radius 3 is 2.59 bits per heavy atom. The highest BCUT2D eigenvalue weighted by atomic mass is 19.1. The van der Waals surface area contributed by atoms with E-state index in [0.29, 0.717) is 62.4 Å². The summed E-state index contributed by atoms with van der Waals surface area (Å²) in [7, 11) is 0. The normalized spacial score (nSPS) is 19.2. The Morgan fingerprint density at radius 1 is 1.03 bits per heavy atom. The molecule has 0 saturated carbocycles. The van der Waals surface area contributed by atoms with E-state index in [1.165, 1.54) is 12.1 Å². The number of morpholine rings is 2. The minimum absolute atomic E-state index is 0.00931. The van der Waals surface area contributed by atoms with Gasteiger partial charge in [-0.3, -0.25) is 0 Å². The molecule has 0 N–H and O–H groups in total. The third kappa shape index (κ3) is 3.83. The van der Waals surface area contributed by atoms with Crippen LogP contribution in [0, 0.1) is 17.1 Å². The number of pyridine rings is 1. The molecular formula is C23H23FN6O2. The van der Waals surface area contributed by atoms with E-state index >= 15 is 0 Å². The number of anilines is 2. The summed E-state index contributed by atoms with van der Waals surface area (Å²) in [6, 6.07) is 10.3. The molecule has 9 heteroatoms. The third-order valence-corrected chi connectivity index (χ3v) is 5.85. The van der Waals surface area contributed by atoms with Crippen molar-refractivity contribution in [1.82, 2.24) is 15.0 Å². The van der Waals surface area contributed by atoms with Gasteiger partial charge in [0.15, 0.2) is 5.65 Å². The molecule has 32 heavy (non-hydrogen) atoms. The number of aromatic nitrogens is 3. The van der Waals surface area contributed by atoms with Gasteiger partial charge in [-0.15, -0.1) is 0 Å². The highest BCUT2D eigenvalue weighted by molar-refractivity contribution is 5.90. The molecule has 0 aliphatic carbocycles. The van der Waals surface area contributed by atoms with Crippen molar-refractivity contribution in [3.63, 3.8) is 0 Å². The van der Waals surface area contributed by atoms with Crippen LogP contribution in [-0.4, -0.2) is 67.1 Å². The van der Waals surface area contributed by atoms with Crippen LogP contribution in [0.25, 0.3) is 22.3 Å². The number of nitrogens with zero attached hydrogens (tertiary/aromatic N) is 6. The Balaban J connectivity index is 1.63. The molecule has 0 spiro atoms. The van der Waals surface area contributed by atoms with Crippen molar-refractivity contribution in [1.29, 1.82) is 5.26 Å². The summed E-state index contributed by atoms with van der Waals surface area (Å²) < 4.78 is 25.3. The van der Waals surface area contributed by atoms with Crippen molar-refractivity contribution in [2.45, 2.75) is 13.0 Å². The predicted molar refractivity (Wildman–Crippen MR) is 118 cm³/mol. The van der Waals surface area contributed by atoms with E-state index in [0.717, 1.165) is 17.7 Å². The Labute approximate surface area is 185 Å². The lowest BCUT2D eigenvalue weighted by atomic mass is 10.1. The van der Waals surface area contributed by atoms with E-state index in [1.54, 1.807) is 6.07 Å². The van der Waals surface area contributed by atoms with Crippen LogP contribution in [0.4, 0.5) is 16.2 Å². The number of ether oxygens (including phenoxy) is 2. The second-order valence-electron chi connectivity index (χ2n) is 7.94. The number of halogens is 1. The minimum Gasteiger partial charge on any atom is -0.378 e. The Hall–Kier alpha value is -3.35. The SMILES string of the molecule is C[C@H]1COCCN1c1nc(N2CCOCC2)nc2nc(-c3ccc(C#N)c(F)c3)ccc12. The lowest BCUT2D eigenvalue weighted by molar-refractivity contribution is 0.0986. The highest BCUT2D eigenvalue weighted by Gasteiger charge is 2.25. The molecule has 2 aliphatic heterocycles. The summed E-state index contributed by atoms with van der Waals surface area (Å²) >= 11 is 0. The van der Waals surface area contributed by atoms with Gasteiger partial charge in [0.05, 0.1) is 49.1 Å². The average Bonchev–Trinajstić information content (AvgIpc) is 2.84. The number of benzene rings is 1. The number of hydrogen-bond donors (Lipinski definition) is 0. The zero-order chi connectivity index (χ0) is 22.1. The Morgan fingerprint density at radius 2 is 1.84 bits per heavy atom. The van der Waals surface area contributed by atoms with Crippen molar-refractivity contribution in [3.8, 4) is 17.3 Å². The molecule has 1 atom stereocenters. The minimum atomic E-state index is -0.563. The van der Waals surface area contributed by atoms with Crippen molar-refractivity contribution >= 4 is 22.8 Å². The summed E-state index contributed by atoms with van der Waals surface area (Å²) in [4.78, 5) is 18.8. The third-order valence-electron chi connectivity index (χ3n) is 5.85. The molecule has 164 valence electrons. The molecule has 2 fully saturated rings. The summed E-state index contributed by atoms with van der Waals surface area (Å²) in [5, 5.41) is 9.84. The zero-order valence-electron chi connectivity index (χ0n) is 17.8. The van der Waals surface area contributed by atoms with Crippen LogP contribution in [0.2, 0.25) is 0 Å². The molecule has 0 unspecified atom stereocenters. The van der Waals surface area contributed by atoms with E-state index in [9.17, 15) is 4.39 Å². The first-order chi connectivity index (χ1) is 15.6. The lowest BCUT2D eigenvalue weighted by Crippen LogP contribution is -2.44. The van der Waals surface area contributed by atoms with Crippen LogP contribution in [0.5, 0.6) is 0 Å². The zero-order valence-corrected chi connectivity index (χ0v) is 17.8. The first-order valence-corrected chi connectivity index (χ1v) is 10.7. The standard InChI is InChI=1S/C23H23FN6O2/c1-15-14-32-11-8-30(15)22-18-4-5-20(16-2-3-17(13-25)19(24)12-16)26-21(18)27-23(28-22)29-6-9-31-10-7-29/h2-5,12,15H,6-11,14H2,1H3/t15-/m0/s1. The van der Waals surface area contributed by atoms with Crippen LogP contribution in [0.3, 0.4) is 0 Å². The Kier molecular flexibility index (Phi) is 5.55. The molecule has 2 saturated heterocycles. The highest BCUT2D eigenvalue weighted by Crippen LogP contribution is 2.31. The largest absolute Gasteiger partial charge is 0.378 e. The van der Waals surface area contributed by atoms with Gasteiger partial charge in [-0.25, -0.2) is 9.37 Å². The summed E-state index contributed by atoms with van der Waals surface area (Å²) in [6.45, 7) is 6.80. The van der Waals surface area contributed by atoms with Crippen molar-refractivity contribution in [2.24, 2.45) is 0 Å². The van der Waals surface area contributed by atoms with Gasteiger partial charge < -0.3 is 19.3 Å². The molecule has 4 heterocycles. The molecular weight excluding hydrogens is 411 g/mol. The monoisotopic (exact) mass is 434 g/mol. The first-order valence-electron chi connectivity index (χ1n) is 10.7. The summed E-state index contributed by atoms with van der Waals surface area (Å²) in [6.07, 6.45) is 0. The van der Waals surface area contributed by atoms with Gasteiger partial charge in [0.25, 0.3) is 0 Å².